The minimum Gasteiger partial charge on any atom is -0.496 e. The summed E-state index contributed by atoms with van der Waals surface area (Å²) in [4.78, 5) is 17.0. The van der Waals surface area contributed by atoms with Gasteiger partial charge in [-0.1, -0.05) is 29.8 Å². The van der Waals surface area contributed by atoms with Gasteiger partial charge in [0.15, 0.2) is 0 Å². The smallest absolute Gasteiger partial charge is 0.221 e. The number of fused-ring (bicyclic) bond motifs is 1. The Morgan fingerprint density at radius 2 is 2.04 bits per heavy atom. The first-order chi connectivity index (χ1) is 12.5. The molecule has 1 aromatic carbocycles. The molecule has 3 aromatic rings. The summed E-state index contributed by atoms with van der Waals surface area (Å²) in [6, 6.07) is 11.5. The number of ether oxygens (including phenoxy) is 1. The third-order valence-electron chi connectivity index (χ3n) is 4.21. The van der Waals surface area contributed by atoms with Gasteiger partial charge in [-0.3, -0.25) is 4.79 Å². The van der Waals surface area contributed by atoms with Crippen LogP contribution in [0.2, 0.25) is 5.02 Å². The van der Waals surface area contributed by atoms with Gasteiger partial charge in [0.2, 0.25) is 5.91 Å². The number of benzene rings is 1. The number of carbonyl (C=O) groups is 1. The number of para-hydroxylation sites is 1. The number of carbonyl (C=O) groups excluding carboxylic acids is 1. The second-order valence-corrected chi connectivity index (χ2v) is 6.92. The van der Waals surface area contributed by atoms with Crippen LogP contribution in [0.3, 0.4) is 0 Å². The van der Waals surface area contributed by atoms with Gasteiger partial charge in [-0.25, -0.2) is 4.98 Å². The molecule has 6 heteroatoms. The average Bonchev–Trinajstić information content (AvgIpc) is 3.02. The van der Waals surface area contributed by atoms with Crippen molar-refractivity contribution in [3.05, 3.63) is 65.1 Å². The van der Waals surface area contributed by atoms with Crippen molar-refractivity contribution in [3.8, 4) is 5.75 Å². The number of rotatable bonds is 6. The molecule has 0 radical (unpaired) electrons. The van der Waals surface area contributed by atoms with Crippen LogP contribution in [0.4, 0.5) is 0 Å². The minimum absolute atomic E-state index is 0.0205. The summed E-state index contributed by atoms with van der Waals surface area (Å²) >= 11 is 6.18. The Hall–Kier alpha value is -2.53. The van der Waals surface area contributed by atoms with E-state index >= 15 is 0 Å². The Morgan fingerprint density at radius 3 is 2.77 bits per heavy atom. The number of nitrogens with one attached hydrogen (secondary N) is 1. The van der Waals surface area contributed by atoms with Gasteiger partial charge >= 0.3 is 0 Å². The summed E-state index contributed by atoms with van der Waals surface area (Å²) < 4.78 is 7.47. The van der Waals surface area contributed by atoms with E-state index in [1.807, 2.05) is 54.8 Å². The molecule has 2 aromatic heterocycles. The topological polar surface area (TPSA) is 55.6 Å². The fourth-order valence-electron chi connectivity index (χ4n) is 3.13. The normalized spacial score (nSPS) is 12.3. The van der Waals surface area contributed by atoms with Crippen LogP contribution in [-0.4, -0.2) is 28.4 Å². The molecule has 136 valence electrons. The van der Waals surface area contributed by atoms with E-state index in [9.17, 15) is 4.79 Å². The highest BCUT2D eigenvalue weighted by Crippen LogP contribution is 2.35. The van der Waals surface area contributed by atoms with Crippen LogP contribution in [0.15, 0.2) is 48.8 Å². The number of methoxy groups -OCH3 is 1. The average molecular weight is 372 g/mol. The number of hydrogen-bond acceptors (Lipinski definition) is 3. The first kappa shape index (κ1) is 18.3. The molecule has 5 nitrogen and oxygen atoms in total. The second-order valence-electron chi connectivity index (χ2n) is 6.48. The maximum absolute atomic E-state index is 12.5. The highest BCUT2D eigenvalue weighted by Gasteiger charge is 2.25. The Morgan fingerprint density at radius 1 is 1.27 bits per heavy atom. The number of hydrogen-bond donors (Lipinski definition) is 1. The molecule has 0 saturated carbocycles. The van der Waals surface area contributed by atoms with Crippen molar-refractivity contribution in [2.24, 2.45) is 0 Å². The van der Waals surface area contributed by atoms with Crippen LogP contribution >= 0.6 is 11.6 Å². The van der Waals surface area contributed by atoms with Crippen molar-refractivity contribution in [2.45, 2.75) is 32.2 Å². The molecule has 0 unspecified atom stereocenters. The summed E-state index contributed by atoms with van der Waals surface area (Å²) in [7, 11) is 1.63. The van der Waals surface area contributed by atoms with Crippen molar-refractivity contribution in [2.75, 3.05) is 7.11 Å². The third kappa shape index (κ3) is 3.83. The van der Waals surface area contributed by atoms with E-state index in [0.29, 0.717) is 11.4 Å². The van der Waals surface area contributed by atoms with Crippen LogP contribution < -0.4 is 10.1 Å². The highest BCUT2D eigenvalue weighted by atomic mass is 35.5. The van der Waals surface area contributed by atoms with Gasteiger partial charge in [0, 0.05) is 36.3 Å². The molecule has 26 heavy (non-hydrogen) atoms. The quantitative estimate of drug-likeness (QED) is 0.711. The summed E-state index contributed by atoms with van der Waals surface area (Å²) in [5.74, 6) is 0.512. The number of halogens is 1. The zero-order chi connectivity index (χ0) is 18.7. The number of pyridine rings is 1. The molecule has 0 aliphatic heterocycles. The molecule has 0 aliphatic rings. The molecular formula is C20H22ClN3O2. The van der Waals surface area contributed by atoms with E-state index in [-0.39, 0.29) is 17.9 Å². The zero-order valence-corrected chi connectivity index (χ0v) is 15.8. The molecule has 0 spiro atoms. The van der Waals surface area contributed by atoms with Crippen molar-refractivity contribution < 1.29 is 9.53 Å². The van der Waals surface area contributed by atoms with Gasteiger partial charge in [-0.15, -0.1) is 0 Å². The van der Waals surface area contributed by atoms with Gasteiger partial charge in [0.05, 0.1) is 17.8 Å². The maximum Gasteiger partial charge on any atom is 0.221 e. The van der Waals surface area contributed by atoms with E-state index in [1.54, 1.807) is 19.4 Å². The van der Waals surface area contributed by atoms with Gasteiger partial charge < -0.3 is 14.5 Å². The highest BCUT2D eigenvalue weighted by molar-refractivity contribution is 6.30. The molecule has 1 atom stereocenters. The number of nitrogens with zero attached hydrogens (tertiary/aromatic N) is 2. The van der Waals surface area contributed by atoms with Crippen LogP contribution in [0.1, 0.15) is 37.4 Å². The largest absolute Gasteiger partial charge is 0.496 e. The SMILES string of the molecule is COc1ccccc1[C@H](CC(=O)NC(C)C)c1cnc2ccc(Cl)cn12. The Bertz CT molecular complexity index is 920. The molecule has 0 aliphatic carbocycles. The first-order valence-electron chi connectivity index (χ1n) is 8.54. The van der Waals surface area contributed by atoms with Crippen LogP contribution in [0.5, 0.6) is 5.75 Å². The Labute approximate surface area is 158 Å². The molecule has 2 heterocycles. The first-order valence-corrected chi connectivity index (χ1v) is 8.92. The molecule has 0 fully saturated rings. The van der Waals surface area contributed by atoms with Crippen molar-refractivity contribution >= 4 is 23.2 Å². The molecule has 1 amide bonds. The molecular weight excluding hydrogens is 350 g/mol. The molecule has 0 bridgehead atoms. The zero-order valence-electron chi connectivity index (χ0n) is 15.1. The van der Waals surface area contributed by atoms with Crippen molar-refractivity contribution in [3.63, 3.8) is 0 Å². The summed E-state index contributed by atoms with van der Waals surface area (Å²) in [6.07, 6.45) is 3.91. The number of imidazole rings is 1. The number of amides is 1. The predicted molar refractivity (Wildman–Crippen MR) is 103 cm³/mol. The third-order valence-corrected chi connectivity index (χ3v) is 4.43. The number of aromatic nitrogens is 2. The second kappa shape index (κ2) is 7.79. The van der Waals surface area contributed by atoms with Crippen molar-refractivity contribution in [1.29, 1.82) is 0 Å². The standard InChI is InChI=1S/C20H22ClN3O2/c1-13(2)23-20(25)10-16(15-6-4-5-7-18(15)26-3)17-11-22-19-9-8-14(21)12-24(17)19/h4-9,11-13,16H,10H2,1-3H3,(H,23,25)/t16-/m0/s1. The lowest BCUT2D eigenvalue weighted by molar-refractivity contribution is -0.121. The van der Waals surface area contributed by atoms with E-state index in [1.165, 1.54) is 0 Å². The van der Waals surface area contributed by atoms with E-state index in [4.69, 9.17) is 16.3 Å². The van der Waals surface area contributed by atoms with Gasteiger partial charge in [-0.05, 0) is 32.0 Å². The van der Waals surface area contributed by atoms with Crippen LogP contribution in [0.25, 0.3) is 5.65 Å². The lowest BCUT2D eigenvalue weighted by Gasteiger charge is -2.20. The fourth-order valence-corrected chi connectivity index (χ4v) is 3.29. The summed E-state index contributed by atoms with van der Waals surface area (Å²) in [5, 5.41) is 3.58. The van der Waals surface area contributed by atoms with E-state index < -0.39 is 0 Å². The fraction of sp³-hybridized carbons (Fsp3) is 0.300. The minimum atomic E-state index is -0.210. The molecule has 3 rings (SSSR count). The van der Waals surface area contributed by atoms with E-state index in [2.05, 4.69) is 10.3 Å². The van der Waals surface area contributed by atoms with Gasteiger partial charge in [-0.2, -0.15) is 0 Å². The van der Waals surface area contributed by atoms with Crippen LogP contribution in [-0.2, 0) is 4.79 Å². The van der Waals surface area contributed by atoms with Crippen LogP contribution in [0, 0.1) is 0 Å². The lowest BCUT2D eigenvalue weighted by Crippen LogP contribution is -2.31. The van der Waals surface area contributed by atoms with E-state index in [0.717, 1.165) is 22.7 Å². The maximum atomic E-state index is 12.5. The molecule has 1 N–H and O–H groups in total. The molecule has 0 saturated heterocycles. The van der Waals surface area contributed by atoms with Gasteiger partial charge in [0.1, 0.15) is 11.4 Å². The monoisotopic (exact) mass is 371 g/mol. The Balaban J connectivity index is 2.10. The predicted octanol–water partition coefficient (Wildman–Crippen LogP) is 4.04. The van der Waals surface area contributed by atoms with Gasteiger partial charge in [0.25, 0.3) is 0 Å². The van der Waals surface area contributed by atoms with Crippen molar-refractivity contribution in [1.82, 2.24) is 14.7 Å². The summed E-state index contributed by atoms with van der Waals surface area (Å²) in [6.45, 7) is 3.90. The summed E-state index contributed by atoms with van der Waals surface area (Å²) in [5.41, 5.74) is 2.62. The lowest BCUT2D eigenvalue weighted by atomic mass is 9.91. The Kier molecular flexibility index (Phi) is 5.47.